The number of rotatable bonds is 4. The highest BCUT2D eigenvalue weighted by Crippen LogP contribution is 2.17. The van der Waals surface area contributed by atoms with Crippen LogP contribution in [0.15, 0.2) is 24.3 Å². The average molecular weight is 202 g/mol. The van der Waals surface area contributed by atoms with Gasteiger partial charge in [-0.15, -0.1) is 11.8 Å². The fourth-order valence-corrected chi connectivity index (χ4v) is 1.49. The van der Waals surface area contributed by atoms with E-state index in [4.69, 9.17) is 5.84 Å². The van der Waals surface area contributed by atoms with Crippen LogP contribution in [0.3, 0.4) is 0 Å². The monoisotopic (exact) mass is 202 g/mol. The quantitative estimate of drug-likeness (QED) is 0.446. The lowest BCUT2D eigenvalue weighted by molar-refractivity contribution is 0.524. The Hall–Kier alpha value is -1.30. The van der Waals surface area contributed by atoms with Crippen LogP contribution in [-0.4, -0.2) is 0 Å². The van der Waals surface area contributed by atoms with Crippen LogP contribution in [0.2, 0.25) is 0 Å². The lowest BCUT2D eigenvalue weighted by Crippen LogP contribution is -2.27. The van der Waals surface area contributed by atoms with Crippen LogP contribution in [0.5, 0.6) is 0 Å². The van der Waals surface area contributed by atoms with Gasteiger partial charge >= 0.3 is 0 Å². The van der Waals surface area contributed by atoms with Crippen molar-refractivity contribution in [3.63, 3.8) is 0 Å². The highest BCUT2D eigenvalue weighted by molar-refractivity contribution is 5.24. The summed E-state index contributed by atoms with van der Waals surface area (Å²) in [6.45, 7) is 3.94. The molecule has 1 rings (SSSR count). The Morgan fingerprint density at radius 1 is 1.33 bits per heavy atom. The van der Waals surface area contributed by atoms with Gasteiger partial charge in [-0.3, -0.25) is 11.3 Å². The minimum atomic E-state index is 0.200. The van der Waals surface area contributed by atoms with Crippen molar-refractivity contribution in [2.24, 2.45) is 5.84 Å². The highest BCUT2D eigenvalue weighted by Gasteiger charge is 2.07. The van der Waals surface area contributed by atoms with Crippen molar-refractivity contribution < 1.29 is 0 Å². The van der Waals surface area contributed by atoms with Crippen molar-refractivity contribution in [3.8, 4) is 11.8 Å². The molecule has 0 aliphatic carbocycles. The summed E-state index contributed by atoms with van der Waals surface area (Å²) in [4.78, 5) is 0. The molecule has 0 amide bonds. The number of hydrogen-bond acceptors (Lipinski definition) is 2. The second-order valence-corrected chi connectivity index (χ2v) is 3.60. The summed E-state index contributed by atoms with van der Waals surface area (Å²) < 4.78 is 0. The Morgan fingerprint density at radius 2 is 2.00 bits per heavy atom. The summed E-state index contributed by atoms with van der Waals surface area (Å²) in [7, 11) is 0. The third-order valence-corrected chi connectivity index (χ3v) is 2.42. The average Bonchev–Trinajstić information content (AvgIpc) is 2.26. The molecule has 1 aromatic carbocycles. The lowest BCUT2D eigenvalue weighted by atomic mass is 10.0. The maximum atomic E-state index is 5.53. The molecule has 0 saturated heterocycles. The maximum Gasteiger partial charge on any atom is 0.0469 e. The number of hydrogen-bond donors (Lipinski definition) is 2. The molecule has 15 heavy (non-hydrogen) atoms. The zero-order chi connectivity index (χ0) is 11.1. The molecule has 3 N–H and O–H groups in total. The summed E-state index contributed by atoms with van der Waals surface area (Å²) in [6, 6.07) is 8.63. The van der Waals surface area contributed by atoms with Crippen molar-refractivity contribution in [2.75, 3.05) is 0 Å². The Morgan fingerprint density at radius 3 is 2.53 bits per heavy atom. The number of aryl methyl sites for hydroxylation is 1. The molecule has 80 valence electrons. The number of nitrogens with one attached hydrogen (secondary N) is 1. The molecule has 0 saturated carbocycles. The van der Waals surface area contributed by atoms with E-state index in [1.165, 1.54) is 11.1 Å². The van der Waals surface area contributed by atoms with Crippen LogP contribution in [0.4, 0.5) is 0 Å². The van der Waals surface area contributed by atoms with E-state index in [9.17, 15) is 0 Å². The van der Waals surface area contributed by atoms with Gasteiger partial charge in [0.2, 0.25) is 0 Å². The van der Waals surface area contributed by atoms with E-state index in [-0.39, 0.29) is 6.04 Å². The molecular formula is C13H18N2. The van der Waals surface area contributed by atoms with Crippen LogP contribution in [0.1, 0.15) is 36.9 Å². The van der Waals surface area contributed by atoms with Gasteiger partial charge in [-0.2, -0.15) is 0 Å². The minimum absolute atomic E-state index is 0.200. The van der Waals surface area contributed by atoms with Gasteiger partial charge in [0.1, 0.15) is 0 Å². The topological polar surface area (TPSA) is 38.0 Å². The normalized spacial score (nSPS) is 11.7. The summed E-state index contributed by atoms with van der Waals surface area (Å²) >= 11 is 0. The highest BCUT2D eigenvalue weighted by atomic mass is 15.2. The molecule has 0 radical (unpaired) electrons. The van der Waals surface area contributed by atoms with Gasteiger partial charge in [-0.05, 0) is 25.8 Å². The van der Waals surface area contributed by atoms with Gasteiger partial charge in [-0.25, -0.2) is 0 Å². The van der Waals surface area contributed by atoms with E-state index in [0.29, 0.717) is 0 Å². The lowest BCUT2D eigenvalue weighted by Gasteiger charge is -2.14. The fourth-order valence-electron chi connectivity index (χ4n) is 1.49. The first kappa shape index (κ1) is 11.8. The fraction of sp³-hybridized carbons (Fsp3) is 0.385. The predicted molar refractivity (Wildman–Crippen MR) is 63.9 cm³/mol. The molecule has 0 fully saturated rings. The van der Waals surface area contributed by atoms with Gasteiger partial charge in [0.05, 0.1) is 0 Å². The Kier molecular flexibility index (Phi) is 4.89. The van der Waals surface area contributed by atoms with Crippen molar-refractivity contribution >= 4 is 0 Å². The van der Waals surface area contributed by atoms with Crippen molar-refractivity contribution in [1.29, 1.82) is 0 Å². The molecule has 0 aliphatic heterocycles. The molecule has 0 heterocycles. The summed E-state index contributed by atoms with van der Waals surface area (Å²) in [6.07, 6.45) is 1.82. The zero-order valence-electron chi connectivity index (χ0n) is 9.38. The van der Waals surface area contributed by atoms with E-state index in [0.717, 1.165) is 12.8 Å². The molecule has 2 heteroatoms. The number of hydrazine groups is 1. The van der Waals surface area contributed by atoms with Gasteiger partial charge < -0.3 is 0 Å². The maximum absolute atomic E-state index is 5.53. The Labute approximate surface area is 91.8 Å². The van der Waals surface area contributed by atoms with Crippen LogP contribution in [-0.2, 0) is 0 Å². The summed E-state index contributed by atoms with van der Waals surface area (Å²) in [5.41, 5.74) is 5.32. The van der Waals surface area contributed by atoms with Crippen LogP contribution in [0, 0.1) is 18.8 Å². The van der Waals surface area contributed by atoms with Crippen LogP contribution >= 0.6 is 0 Å². The largest absolute Gasteiger partial charge is 0.271 e. The zero-order valence-corrected chi connectivity index (χ0v) is 9.38. The minimum Gasteiger partial charge on any atom is -0.271 e. The van der Waals surface area contributed by atoms with Gasteiger partial charge in [-0.1, -0.05) is 29.8 Å². The smallest absolute Gasteiger partial charge is 0.0469 e. The summed E-state index contributed by atoms with van der Waals surface area (Å²) in [5, 5.41) is 0. The van der Waals surface area contributed by atoms with Crippen LogP contribution in [0.25, 0.3) is 0 Å². The second kappa shape index (κ2) is 6.23. The standard InChI is InChI=1S/C13H18N2/c1-3-4-5-6-13(15-14)12-9-7-11(2)8-10-12/h7-10,13,15H,5-6,14H2,1-2H3. The first-order valence-electron chi connectivity index (χ1n) is 5.20. The Balaban J connectivity index is 2.64. The molecule has 0 aromatic heterocycles. The van der Waals surface area contributed by atoms with E-state index in [1.54, 1.807) is 0 Å². The van der Waals surface area contributed by atoms with Gasteiger partial charge in [0, 0.05) is 12.5 Å². The van der Waals surface area contributed by atoms with E-state index in [1.807, 2.05) is 6.92 Å². The number of nitrogens with two attached hydrogens (primary N) is 1. The van der Waals surface area contributed by atoms with Gasteiger partial charge in [0.15, 0.2) is 0 Å². The third kappa shape index (κ3) is 3.75. The van der Waals surface area contributed by atoms with Crippen molar-refractivity contribution in [1.82, 2.24) is 5.43 Å². The first-order valence-corrected chi connectivity index (χ1v) is 5.20. The van der Waals surface area contributed by atoms with Crippen LogP contribution < -0.4 is 11.3 Å². The third-order valence-electron chi connectivity index (χ3n) is 2.42. The molecule has 1 aromatic rings. The molecular weight excluding hydrogens is 184 g/mol. The van der Waals surface area contributed by atoms with E-state index in [2.05, 4.69) is 48.5 Å². The summed E-state index contributed by atoms with van der Waals surface area (Å²) in [5.74, 6) is 11.5. The molecule has 0 spiro atoms. The molecule has 0 aliphatic rings. The first-order chi connectivity index (χ1) is 7.27. The molecule has 1 atom stereocenters. The van der Waals surface area contributed by atoms with Crippen molar-refractivity contribution in [3.05, 3.63) is 35.4 Å². The molecule has 2 nitrogen and oxygen atoms in total. The van der Waals surface area contributed by atoms with Gasteiger partial charge in [0.25, 0.3) is 0 Å². The Bertz CT molecular complexity index is 343. The predicted octanol–water partition coefficient (Wildman–Crippen LogP) is 2.30. The molecule has 1 unspecified atom stereocenters. The van der Waals surface area contributed by atoms with E-state index >= 15 is 0 Å². The van der Waals surface area contributed by atoms with E-state index < -0.39 is 0 Å². The van der Waals surface area contributed by atoms with Crippen molar-refractivity contribution in [2.45, 2.75) is 32.7 Å². The SMILES string of the molecule is CC#CCCC(NN)c1ccc(C)cc1. The molecule has 0 bridgehead atoms. The number of benzene rings is 1. The second-order valence-electron chi connectivity index (χ2n) is 3.60.